The fourth-order valence-electron chi connectivity index (χ4n) is 2.08. The first-order valence-corrected chi connectivity index (χ1v) is 6.65. The smallest absolute Gasteiger partial charge is 0.241 e. The molecule has 0 aromatic heterocycles. The Bertz CT molecular complexity index is 509. The number of anilines is 1. The molecule has 5 heteroatoms. The molecule has 1 aromatic rings. The number of nitriles is 1. The van der Waals surface area contributed by atoms with Crippen LogP contribution in [0.15, 0.2) is 22.7 Å². The zero-order valence-electron chi connectivity index (χ0n) is 10.0. The van der Waals surface area contributed by atoms with Gasteiger partial charge < -0.3 is 10.6 Å². The van der Waals surface area contributed by atoms with Crippen molar-refractivity contribution in [3.8, 4) is 6.07 Å². The Morgan fingerprint density at radius 2 is 2.39 bits per heavy atom. The van der Waals surface area contributed by atoms with Crippen molar-refractivity contribution in [3.05, 3.63) is 28.2 Å². The topological polar surface area (TPSA) is 64.9 Å². The number of nitrogens with zero attached hydrogens (tertiary/aromatic N) is 1. The summed E-state index contributed by atoms with van der Waals surface area (Å²) >= 11 is 3.35. The normalized spacial score (nSPS) is 22.5. The van der Waals surface area contributed by atoms with Gasteiger partial charge in [-0.3, -0.25) is 4.79 Å². The molecular weight excluding hydrogens is 294 g/mol. The van der Waals surface area contributed by atoms with Crippen LogP contribution in [-0.4, -0.2) is 18.5 Å². The SMILES string of the molecule is CC1CCNC1C(=O)Nc1ccc(C#N)cc1Br. The van der Waals surface area contributed by atoms with E-state index in [9.17, 15) is 4.79 Å². The zero-order chi connectivity index (χ0) is 13.1. The molecule has 0 spiro atoms. The Labute approximate surface area is 115 Å². The summed E-state index contributed by atoms with van der Waals surface area (Å²) in [7, 11) is 0. The summed E-state index contributed by atoms with van der Waals surface area (Å²) in [5, 5.41) is 14.8. The molecule has 0 radical (unpaired) electrons. The van der Waals surface area contributed by atoms with E-state index in [1.54, 1.807) is 18.2 Å². The Kier molecular flexibility index (Phi) is 4.00. The second-order valence-corrected chi connectivity index (χ2v) is 5.35. The number of carbonyl (C=O) groups excluding carboxylic acids is 1. The van der Waals surface area contributed by atoms with Crippen LogP contribution in [0.5, 0.6) is 0 Å². The van der Waals surface area contributed by atoms with Gasteiger partial charge in [-0.15, -0.1) is 0 Å². The second kappa shape index (κ2) is 5.51. The van der Waals surface area contributed by atoms with Crippen LogP contribution in [0.1, 0.15) is 18.9 Å². The lowest BCUT2D eigenvalue weighted by atomic mass is 10.0. The summed E-state index contributed by atoms with van der Waals surface area (Å²) in [5.41, 5.74) is 1.26. The quantitative estimate of drug-likeness (QED) is 0.881. The Balaban J connectivity index is 2.10. The predicted molar refractivity (Wildman–Crippen MR) is 73.1 cm³/mol. The van der Waals surface area contributed by atoms with Gasteiger partial charge in [0.15, 0.2) is 0 Å². The highest BCUT2D eigenvalue weighted by Gasteiger charge is 2.29. The summed E-state index contributed by atoms with van der Waals surface area (Å²) in [6.07, 6.45) is 1.02. The number of carbonyl (C=O) groups is 1. The molecule has 1 heterocycles. The van der Waals surface area contributed by atoms with Crippen molar-refractivity contribution in [1.82, 2.24) is 5.32 Å². The largest absolute Gasteiger partial charge is 0.324 e. The van der Waals surface area contributed by atoms with Crippen LogP contribution >= 0.6 is 15.9 Å². The Morgan fingerprint density at radius 3 is 2.94 bits per heavy atom. The highest BCUT2D eigenvalue weighted by Crippen LogP contribution is 2.24. The van der Waals surface area contributed by atoms with Gasteiger partial charge in [-0.05, 0) is 53.0 Å². The number of halogens is 1. The van der Waals surface area contributed by atoms with Crippen LogP contribution in [0.3, 0.4) is 0 Å². The lowest BCUT2D eigenvalue weighted by Gasteiger charge is -2.16. The van der Waals surface area contributed by atoms with Crippen molar-refractivity contribution < 1.29 is 4.79 Å². The lowest BCUT2D eigenvalue weighted by molar-refractivity contribution is -0.118. The standard InChI is InChI=1S/C13H14BrN3O/c1-8-4-5-16-12(8)13(18)17-11-3-2-9(7-15)6-10(11)14/h2-3,6,8,12,16H,4-5H2,1H3,(H,17,18). The van der Waals surface area contributed by atoms with E-state index in [0.29, 0.717) is 17.2 Å². The molecule has 2 unspecified atom stereocenters. The number of benzene rings is 1. The minimum Gasteiger partial charge on any atom is -0.324 e. The number of hydrogen-bond acceptors (Lipinski definition) is 3. The average Bonchev–Trinajstić information content (AvgIpc) is 2.78. The van der Waals surface area contributed by atoms with E-state index in [4.69, 9.17) is 5.26 Å². The van der Waals surface area contributed by atoms with Gasteiger partial charge in [0.1, 0.15) is 0 Å². The number of hydrogen-bond donors (Lipinski definition) is 2. The summed E-state index contributed by atoms with van der Waals surface area (Å²) in [6, 6.07) is 7.04. The maximum atomic E-state index is 12.1. The Hall–Kier alpha value is -1.38. The molecule has 1 amide bonds. The van der Waals surface area contributed by atoms with Crippen molar-refractivity contribution in [1.29, 1.82) is 5.26 Å². The third-order valence-corrected chi connectivity index (χ3v) is 3.83. The molecule has 1 aromatic carbocycles. The maximum absolute atomic E-state index is 12.1. The molecule has 0 aliphatic carbocycles. The van der Waals surface area contributed by atoms with Gasteiger partial charge in [0, 0.05) is 4.47 Å². The van der Waals surface area contributed by atoms with E-state index < -0.39 is 0 Å². The summed E-state index contributed by atoms with van der Waals surface area (Å²) in [5.74, 6) is 0.326. The second-order valence-electron chi connectivity index (χ2n) is 4.49. The minimum atomic E-state index is -0.132. The fraction of sp³-hybridized carbons (Fsp3) is 0.385. The van der Waals surface area contributed by atoms with E-state index >= 15 is 0 Å². The first kappa shape index (κ1) is 13.1. The van der Waals surface area contributed by atoms with Crippen LogP contribution < -0.4 is 10.6 Å². The molecule has 0 saturated carbocycles. The van der Waals surface area contributed by atoms with Crippen molar-refractivity contribution in [2.45, 2.75) is 19.4 Å². The zero-order valence-corrected chi connectivity index (χ0v) is 11.6. The molecule has 2 N–H and O–H groups in total. The first-order chi connectivity index (χ1) is 8.61. The molecule has 4 nitrogen and oxygen atoms in total. The van der Waals surface area contributed by atoms with Crippen LogP contribution in [-0.2, 0) is 4.79 Å². The monoisotopic (exact) mass is 307 g/mol. The molecular formula is C13H14BrN3O. The van der Waals surface area contributed by atoms with E-state index in [1.807, 2.05) is 0 Å². The van der Waals surface area contributed by atoms with Crippen LogP contribution in [0.25, 0.3) is 0 Å². The summed E-state index contributed by atoms with van der Waals surface area (Å²) < 4.78 is 0.723. The van der Waals surface area contributed by atoms with E-state index in [-0.39, 0.29) is 11.9 Å². The van der Waals surface area contributed by atoms with Gasteiger partial charge in [-0.25, -0.2) is 0 Å². The third kappa shape index (κ3) is 2.71. The number of nitrogens with one attached hydrogen (secondary N) is 2. The molecule has 1 fully saturated rings. The van der Waals surface area contributed by atoms with Crippen LogP contribution in [0.2, 0.25) is 0 Å². The minimum absolute atomic E-state index is 0.0228. The number of amides is 1. The van der Waals surface area contributed by atoms with Crippen molar-refractivity contribution >= 4 is 27.5 Å². The molecule has 1 aliphatic rings. The van der Waals surface area contributed by atoms with Gasteiger partial charge in [-0.2, -0.15) is 5.26 Å². The maximum Gasteiger partial charge on any atom is 0.241 e. The highest BCUT2D eigenvalue weighted by atomic mass is 79.9. The molecule has 2 atom stereocenters. The van der Waals surface area contributed by atoms with Crippen molar-refractivity contribution in [2.75, 3.05) is 11.9 Å². The molecule has 1 aliphatic heterocycles. The molecule has 18 heavy (non-hydrogen) atoms. The fourth-order valence-corrected chi connectivity index (χ4v) is 2.56. The molecule has 94 valence electrons. The van der Waals surface area contributed by atoms with Gasteiger partial charge in [-0.1, -0.05) is 6.92 Å². The highest BCUT2D eigenvalue weighted by molar-refractivity contribution is 9.10. The Morgan fingerprint density at radius 1 is 1.61 bits per heavy atom. The van der Waals surface area contributed by atoms with Crippen LogP contribution in [0.4, 0.5) is 5.69 Å². The molecule has 2 rings (SSSR count). The first-order valence-electron chi connectivity index (χ1n) is 5.85. The predicted octanol–water partition coefficient (Wildman–Crippen LogP) is 2.26. The van der Waals surface area contributed by atoms with Crippen molar-refractivity contribution in [3.63, 3.8) is 0 Å². The lowest BCUT2D eigenvalue weighted by Crippen LogP contribution is -2.39. The summed E-state index contributed by atoms with van der Waals surface area (Å²) in [6.45, 7) is 2.95. The average molecular weight is 308 g/mol. The van der Waals surface area contributed by atoms with Gasteiger partial charge in [0.2, 0.25) is 5.91 Å². The molecule has 1 saturated heterocycles. The van der Waals surface area contributed by atoms with E-state index in [0.717, 1.165) is 17.4 Å². The van der Waals surface area contributed by atoms with Gasteiger partial charge >= 0.3 is 0 Å². The van der Waals surface area contributed by atoms with Gasteiger partial charge in [0.05, 0.1) is 23.4 Å². The van der Waals surface area contributed by atoms with E-state index in [1.165, 1.54) is 0 Å². The number of rotatable bonds is 2. The van der Waals surface area contributed by atoms with E-state index in [2.05, 4.69) is 39.6 Å². The van der Waals surface area contributed by atoms with Crippen LogP contribution in [0, 0.1) is 17.2 Å². The van der Waals surface area contributed by atoms with Gasteiger partial charge in [0.25, 0.3) is 0 Å². The summed E-state index contributed by atoms with van der Waals surface area (Å²) in [4.78, 5) is 12.1. The third-order valence-electron chi connectivity index (χ3n) is 3.17. The molecule has 0 bridgehead atoms. The van der Waals surface area contributed by atoms with Crippen molar-refractivity contribution in [2.24, 2.45) is 5.92 Å².